The molecule has 1 aromatic rings. The van der Waals surface area contributed by atoms with Gasteiger partial charge in [0.1, 0.15) is 0 Å². The first-order valence-electron chi connectivity index (χ1n) is 8.50. The summed E-state index contributed by atoms with van der Waals surface area (Å²) in [5.41, 5.74) is 0. The van der Waals surface area contributed by atoms with Gasteiger partial charge in [-0.05, 0) is 23.3 Å². The van der Waals surface area contributed by atoms with Crippen molar-refractivity contribution in [1.82, 2.24) is 9.80 Å². The lowest BCUT2D eigenvalue weighted by Gasteiger charge is -2.36. The molecule has 1 amide bonds. The first-order chi connectivity index (χ1) is 11.3. The van der Waals surface area contributed by atoms with Gasteiger partial charge in [-0.1, -0.05) is 6.07 Å². The van der Waals surface area contributed by atoms with Gasteiger partial charge in [0.15, 0.2) is 0 Å². The van der Waals surface area contributed by atoms with Crippen molar-refractivity contribution < 1.29 is 14.3 Å². The molecule has 0 saturated carbocycles. The highest BCUT2D eigenvalue weighted by molar-refractivity contribution is 7.09. The van der Waals surface area contributed by atoms with E-state index in [1.165, 1.54) is 4.88 Å². The van der Waals surface area contributed by atoms with E-state index in [9.17, 15) is 4.79 Å². The number of ether oxygens (including phenoxy) is 2. The molecule has 1 aromatic heterocycles. The number of hydrogen-bond acceptors (Lipinski definition) is 5. The van der Waals surface area contributed by atoms with Crippen LogP contribution < -0.4 is 0 Å². The lowest BCUT2D eigenvalue weighted by molar-refractivity contribution is -0.148. The lowest BCUT2D eigenvalue weighted by atomic mass is 9.82. The fraction of sp³-hybridized carbons (Fsp3) is 0.706. The maximum Gasteiger partial charge on any atom is 0.228 e. The second-order valence-corrected chi connectivity index (χ2v) is 7.81. The Morgan fingerprint density at radius 3 is 2.87 bits per heavy atom. The van der Waals surface area contributed by atoms with Crippen molar-refractivity contribution in [2.75, 3.05) is 52.6 Å². The molecule has 0 aromatic carbocycles. The van der Waals surface area contributed by atoms with Gasteiger partial charge in [0.05, 0.1) is 32.3 Å². The fourth-order valence-electron chi connectivity index (χ4n) is 4.12. The molecule has 0 aliphatic carbocycles. The van der Waals surface area contributed by atoms with Crippen LogP contribution in [0.2, 0.25) is 0 Å². The number of likely N-dealkylation sites (tertiary alicyclic amines) is 1. The minimum absolute atomic E-state index is 0.0279. The molecule has 4 heterocycles. The predicted octanol–water partition coefficient (Wildman–Crippen LogP) is 1.30. The van der Waals surface area contributed by atoms with Crippen LogP contribution in [0, 0.1) is 17.8 Å². The molecular formula is C17H24N2O3S. The average molecular weight is 336 g/mol. The van der Waals surface area contributed by atoms with Crippen LogP contribution in [-0.2, 0) is 20.8 Å². The van der Waals surface area contributed by atoms with Gasteiger partial charge in [0.2, 0.25) is 5.91 Å². The summed E-state index contributed by atoms with van der Waals surface area (Å²) in [6.45, 7) is 7.25. The maximum atomic E-state index is 12.9. The topological polar surface area (TPSA) is 42.0 Å². The van der Waals surface area contributed by atoms with Gasteiger partial charge in [-0.2, -0.15) is 0 Å². The van der Waals surface area contributed by atoms with Gasteiger partial charge < -0.3 is 14.4 Å². The molecule has 6 heteroatoms. The Bertz CT molecular complexity index is 530. The van der Waals surface area contributed by atoms with Crippen LogP contribution in [0.5, 0.6) is 0 Å². The Balaban J connectivity index is 1.41. The van der Waals surface area contributed by atoms with Crippen molar-refractivity contribution in [3.8, 4) is 0 Å². The molecule has 0 spiro atoms. The van der Waals surface area contributed by atoms with Crippen molar-refractivity contribution >= 4 is 17.2 Å². The first-order valence-corrected chi connectivity index (χ1v) is 9.38. The van der Waals surface area contributed by atoms with Gasteiger partial charge in [0, 0.05) is 37.6 Å². The first kappa shape index (κ1) is 15.6. The van der Waals surface area contributed by atoms with E-state index < -0.39 is 0 Å². The largest absolute Gasteiger partial charge is 0.380 e. The Morgan fingerprint density at radius 1 is 1.22 bits per heavy atom. The maximum absolute atomic E-state index is 12.9. The minimum atomic E-state index is 0.0279. The third-order valence-corrected chi connectivity index (χ3v) is 6.17. The van der Waals surface area contributed by atoms with Crippen LogP contribution in [0.1, 0.15) is 4.88 Å². The van der Waals surface area contributed by atoms with Gasteiger partial charge in [0.25, 0.3) is 0 Å². The number of rotatable bonds is 3. The fourth-order valence-corrected chi connectivity index (χ4v) is 4.86. The standard InChI is InChI=1S/C17H24N2O3S/c20-17(19-3-5-21-6-4-19)16-12-22-11-13-8-18(10-15(13)16)9-14-2-1-7-23-14/h1-2,7,13,15-16H,3-6,8-12H2/t13-,15-,16-/m1/s1. The summed E-state index contributed by atoms with van der Waals surface area (Å²) in [6, 6.07) is 4.30. The van der Waals surface area contributed by atoms with Crippen LogP contribution in [0.25, 0.3) is 0 Å². The Morgan fingerprint density at radius 2 is 2.09 bits per heavy atom. The predicted molar refractivity (Wildman–Crippen MR) is 88.3 cm³/mol. The van der Waals surface area contributed by atoms with E-state index in [-0.39, 0.29) is 11.8 Å². The van der Waals surface area contributed by atoms with Crippen LogP contribution in [-0.4, -0.2) is 68.3 Å². The van der Waals surface area contributed by atoms with E-state index in [0.717, 1.165) is 39.3 Å². The third-order valence-electron chi connectivity index (χ3n) is 5.31. The van der Waals surface area contributed by atoms with E-state index in [4.69, 9.17) is 9.47 Å². The summed E-state index contributed by atoms with van der Waals surface area (Å²) < 4.78 is 11.2. The summed E-state index contributed by atoms with van der Waals surface area (Å²) in [6.07, 6.45) is 0. The number of nitrogens with zero attached hydrogens (tertiary/aromatic N) is 2. The highest BCUT2D eigenvalue weighted by Gasteiger charge is 2.45. The molecule has 0 radical (unpaired) electrons. The molecule has 3 saturated heterocycles. The van der Waals surface area contributed by atoms with Crippen molar-refractivity contribution in [3.63, 3.8) is 0 Å². The summed E-state index contributed by atoms with van der Waals surface area (Å²) in [7, 11) is 0. The second kappa shape index (κ2) is 6.89. The quantitative estimate of drug-likeness (QED) is 0.834. The summed E-state index contributed by atoms with van der Waals surface area (Å²) in [4.78, 5) is 18.8. The molecule has 3 fully saturated rings. The van der Waals surface area contributed by atoms with Crippen LogP contribution in [0.15, 0.2) is 17.5 Å². The number of amides is 1. The molecule has 3 aliphatic rings. The van der Waals surface area contributed by atoms with Gasteiger partial charge >= 0.3 is 0 Å². The number of carbonyl (C=O) groups is 1. The van der Waals surface area contributed by atoms with Crippen LogP contribution in [0.3, 0.4) is 0 Å². The number of morpholine rings is 1. The zero-order chi connectivity index (χ0) is 15.6. The van der Waals surface area contributed by atoms with Crippen molar-refractivity contribution in [2.45, 2.75) is 6.54 Å². The zero-order valence-electron chi connectivity index (χ0n) is 13.4. The third kappa shape index (κ3) is 3.31. The highest BCUT2D eigenvalue weighted by atomic mass is 32.1. The van der Waals surface area contributed by atoms with Crippen LogP contribution >= 0.6 is 11.3 Å². The zero-order valence-corrected chi connectivity index (χ0v) is 14.2. The van der Waals surface area contributed by atoms with Crippen molar-refractivity contribution in [2.24, 2.45) is 17.8 Å². The SMILES string of the molecule is O=C([C@@H]1COC[C@H]2CN(Cc3cccs3)C[C@H]21)N1CCOCC1. The number of thiophene rings is 1. The van der Waals surface area contributed by atoms with Gasteiger partial charge in [-0.25, -0.2) is 0 Å². The molecule has 0 N–H and O–H groups in total. The summed E-state index contributed by atoms with van der Waals surface area (Å²) in [5, 5.41) is 2.13. The molecule has 3 aliphatic heterocycles. The molecule has 126 valence electrons. The van der Waals surface area contributed by atoms with Gasteiger partial charge in [-0.15, -0.1) is 11.3 Å². The molecule has 5 nitrogen and oxygen atoms in total. The summed E-state index contributed by atoms with van der Waals surface area (Å²) in [5.74, 6) is 1.25. The Labute approximate surface area is 141 Å². The van der Waals surface area contributed by atoms with E-state index in [1.54, 1.807) is 0 Å². The number of carbonyl (C=O) groups excluding carboxylic acids is 1. The van der Waals surface area contributed by atoms with E-state index in [0.29, 0.717) is 31.7 Å². The number of hydrogen-bond donors (Lipinski definition) is 0. The van der Waals surface area contributed by atoms with E-state index in [2.05, 4.69) is 22.4 Å². The Kier molecular flexibility index (Phi) is 4.66. The molecule has 0 bridgehead atoms. The van der Waals surface area contributed by atoms with E-state index >= 15 is 0 Å². The van der Waals surface area contributed by atoms with Crippen molar-refractivity contribution in [3.05, 3.63) is 22.4 Å². The smallest absolute Gasteiger partial charge is 0.228 e. The molecule has 4 rings (SSSR count). The minimum Gasteiger partial charge on any atom is -0.380 e. The monoisotopic (exact) mass is 336 g/mol. The number of fused-ring (bicyclic) bond motifs is 1. The summed E-state index contributed by atoms with van der Waals surface area (Å²) >= 11 is 1.81. The molecule has 0 unspecified atom stereocenters. The normalized spacial score (nSPS) is 32.0. The van der Waals surface area contributed by atoms with E-state index in [1.807, 2.05) is 16.2 Å². The molecular weight excluding hydrogens is 312 g/mol. The Hall–Kier alpha value is -0.950. The van der Waals surface area contributed by atoms with Crippen molar-refractivity contribution in [1.29, 1.82) is 0 Å². The lowest BCUT2D eigenvalue weighted by Crippen LogP contribution is -2.49. The molecule has 23 heavy (non-hydrogen) atoms. The second-order valence-electron chi connectivity index (χ2n) is 6.78. The van der Waals surface area contributed by atoms with Crippen LogP contribution in [0.4, 0.5) is 0 Å². The average Bonchev–Trinajstić information content (AvgIpc) is 3.24. The highest BCUT2D eigenvalue weighted by Crippen LogP contribution is 2.36. The molecule has 3 atom stereocenters. The van der Waals surface area contributed by atoms with Gasteiger partial charge in [-0.3, -0.25) is 9.69 Å².